The molecule has 1 fully saturated rings. The first-order valence-electron chi connectivity index (χ1n) is 6.40. The number of hydrogen-bond acceptors (Lipinski definition) is 3. The number of hydrogen-bond donors (Lipinski definition) is 2. The van der Waals surface area contributed by atoms with Crippen molar-refractivity contribution in [1.82, 2.24) is 4.90 Å². The predicted molar refractivity (Wildman–Crippen MR) is 62.9 cm³/mol. The van der Waals surface area contributed by atoms with Gasteiger partial charge in [0.05, 0.1) is 12.6 Å². The van der Waals surface area contributed by atoms with Gasteiger partial charge in [0.15, 0.2) is 0 Å². The van der Waals surface area contributed by atoms with Crippen molar-refractivity contribution in [2.45, 2.75) is 50.5 Å². The zero-order chi connectivity index (χ0) is 14.5. The summed E-state index contributed by atoms with van der Waals surface area (Å²) in [5, 5.41) is 17.4. The van der Waals surface area contributed by atoms with Crippen LogP contribution in [0.2, 0.25) is 0 Å². The molecule has 1 aliphatic rings. The average Bonchev–Trinajstić information content (AvgIpc) is 2.55. The second kappa shape index (κ2) is 6.79. The normalized spacial score (nSPS) is 21.9. The van der Waals surface area contributed by atoms with Crippen LogP contribution in [0.15, 0.2) is 0 Å². The first-order valence-corrected chi connectivity index (χ1v) is 6.40. The topological polar surface area (TPSA) is 77.8 Å². The smallest absolute Gasteiger partial charge is 0.326 e. The number of nitrogens with zero attached hydrogens (tertiary/aromatic N) is 1. The highest BCUT2D eigenvalue weighted by molar-refractivity contribution is 5.86. The summed E-state index contributed by atoms with van der Waals surface area (Å²) in [5.41, 5.74) is 0. The monoisotopic (exact) mass is 279 g/mol. The molecule has 1 atom stereocenters. The number of carbonyl (C=O) groups excluding carboxylic acids is 1. The molecule has 1 amide bonds. The molecule has 0 aromatic rings. The van der Waals surface area contributed by atoms with Crippen molar-refractivity contribution < 1.29 is 28.6 Å². The summed E-state index contributed by atoms with van der Waals surface area (Å²) in [4.78, 5) is 22.7. The molecule has 1 unspecified atom stereocenters. The zero-order valence-electron chi connectivity index (χ0n) is 10.6. The predicted octanol–water partition coefficient (Wildman–Crippen LogP) is 1.25. The van der Waals surface area contributed by atoms with Crippen LogP contribution in [0.3, 0.4) is 0 Å². The van der Waals surface area contributed by atoms with E-state index in [1.165, 1.54) is 0 Å². The van der Waals surface area contributed by atoms with E-state index in [9.17, 15) is 18.4 Å². The maximum atomic E-state index is 13.2. The summed E-state index contributed by atoms with van der Waals surface area (Å²) in [6, 6.07) is -0.804. The number of amides is 1. The van der Waals surface area contributed by atoms with Crippen molar-refractivity contribution >= 4 is 11.9 Å². The molecule has 110 valence electrons. The lowest BCUT2D eigenvalue weighted by Crippen LogP contribution is -2.38. The fourth-order valence-corrected chi connectivity index (χ4v) is 2.23. The van der Waals surface area contributed by atoms with Crippen molar-refractivity contribution in [3.8, 4) is 0 Å². The standard InChI is InChI=1S/C12H19F2NO4/c13-12(14)7-9(8-16)15(11(12)19)6-4-2-1-3-5-10(17)18/h9,16H,1-8H2,(H,17,18). The highest BCUT2D eigenvalue weighted by Crippen LogP contribution is 2.33. The number of carboxylic acid groups (broad SMARTS) is 1. The average molecular weight is 279 g/mol. The molecule has 0 spiro atoms. The lowest BCUT2D eigenvalue weighted by Gasteiger charge is -2.22. The third-order valence-corrected chi connectivity index (χ3v) is 3.26. The van der Waals surface area contributed by atoms with Gasteiger partial charge in [-0.2, -0.15) is 8.78 Å². The minimum absolute atomic E-state index is 0.0972. The zero-order valence-corrected chi connectivity index (χ0v) is 10.6. The van der Waals surface area contributed by atoms with Gasteiger partial charge in [0.25, 0.3) is 5.91 Å². The summed E-state index contributed by atoms with van der Waals surface area (Å²) in [7, 11) is 0. The van der Waals surface area contributed by atoms with Crippen molar-refractivity contribution in [2.24, 2.45) is 0 Å². The molecule has 0 saturated carbocycles. The Bertz CT molecular complexity index is 336. The number of halogens is 2. The molecule has 2 N–H and O–H groups in total. The number of aliphatic hydroxyl groups excluding tert-OH is 1. The molecule has 1 heterocycles. The summed E-state index contributed by atoms with van der Waals surface area (Å²) in [5.74, 6) is -5.43. The molecule has 0 aliphatic carbocycles. The second-order valence-corrected chi connectivity index (χ2v) is 4.80. The number of aliphatic carboxylic acids is 1. The number of carboxylic acids is 1. The summed E-state index contributed by atoms with van der Waals surface area (Å²) in [6.07, 6.45) is 1.93. The minimum Gasteiger partial charge on any atom is -0.481 e. The lowest BCUT2D eigenvalue weighted by atomic mass is 10.1. The molecule has 0 radical (unpaired) electrons. The molecule has 0 bridgehead atoms. The Morgan fingerprint density at radius 3 is 2.53 bits per heavy atom. The van der Waals surface area contributed by atoms with Crippen LogP contribution in [0.1, 0.15) is 38.5 Å². The second-order valence-electron chi connectivity index (χ2n) is 4.80. The van der Waals surface area contributed by atoms with Crippen LogP contribution in [0.4, 0.5) is 8.78 Å². The van der Waals surface area contributed by atoms with Gasteiger partial charge in [0, 0.05) is 19.4 Å². The van der Waals surface area contributed by atoms with Crippen molar-refractivity contribution in [1.29, 1.82) is 0 Å². The van der Waals surface area contributed by atoms with Gasteiger partial charge in [0.1, 0.15) is 0 Å². The van der Waals surface area contributed by atoms with E-state index in [4.69, 9.17) is 10.2 Å². The fraction of sp³-hybridized carbons (Fsp3) is 0.833. The highest BCUT2D eigenvalue weighted by Gasteiger charge is 2.52. The van der Waals surface area contributed by atoms with E-state index in [1.54, 1.807) is 0 Å². The number of rotatable bonds is 8. The molecule has 19 heavy (non-hydrogen) atoms. The molecule has 1 saturated heterocycles. The largest absolute Gasteiger partial charge is 0.481 e. The number of alkyl halides is 2. The third kappa shape index (κ3) is 4.41. The SMILES string of the molecule is O=C(O)CCCCCCN1C(=O)C(F)(F)CC1CO. The summed E-state index contributed by atoms with van der Waals surface area (Å²) < 4.78 is 26.4. The molecule has 0 aromatic carbocycles. The Labute approximate surface area is 110 Å². The van der Waals surface area contributed by atoms with Gasteiger partial charge >= 0.3 is 11.9 Å². The Morgan fingerprint density at radius 2 is 1.95 bits per heavy atom. The molecule has 5 nitrogen and oxygen atoms in total. The van der Waals surface area contributed by atoms with Gasteiger partial charge < -0.3 is 15.1 Å². The minimum atomic E-state index is -3.36. The lowest BCUT2D eigenvalue weighted by molar-refractivity contribution is -0.148. The molecule has 1 aliphatic heterocycles. The number of likely N-dealkylation sites (tertiary alicyclic amines) is 1. The van der Waals surface area contributed by atoms with Crippen molar-refractivity contribution in [3.63, 3.8) is 0 Å². The van der Waals surface area contributed by atoms with E-state index < -0.39 is 36.9 Å². The van der Waals surface area contributed by atoms with Crippen LogP contribution in [-0.2, 0) is 9.59 Å². The molecule has 1 rings (SSSR count). The van der Waals surface area contributed by atoms with E-state index in [0.29, 0.717) is 25.7 Å². The first kappa shape index (κ1) is 15.8. The number of unbranched alkanes of at least 4 members (excludes halogenated alkanes) is 3. The van der Waals surface area contributed by atoms with E-state index in [0.717, 1.165) is 4.90 Å². The maximum Gasteiger partial charge on any atom is 0.326 e. The van der Waals surface area contributed by atoms with Gasteiger partial charge in [0.2, 0.25) is 0 Å². The molecule has 0 aromatic heterocycles. The Morgan fingerprint density at radius 1 is 1.32 bits per heavy atom. The van der Waals surface area contributed by atoms with Gasteiger partial charge in [-0.05, 0) is 12.8 Å². The Kier molecular flexibility index (Phi) is 5.65. The third-order valence-electron chi connectivity index (χ3n) is 3.26. The Balaban J connectivity index is 2.28. The molecular formula is C12H19F2NO4. The maximum absolute atomic E-state index is 13.2. The summed E-state index contributed by atoms with van der Waals surface area (Å²) >= 11 is 0. The van der Waals surface area contributed by atoms with Crippen LogP contribution in [0.5, 0.6) is 0 Å². The number of aliphatic hydroxyl groups is 1. The molecule has 7 heteroatoms. The van der Waals surface area contributed by atoms with Gasteiger partial charge in [-0.25, -0.2) is 0 Å². The Hall–Kier alpha value is -1.24. The van der Waals surface area contributed by atoms with E-state index in [1.807, 2.05) is 0 Å². The first-order chi connectivity index (χ1) is 8.88. The highest BCUT2D eigenvalue weighted by atomic mass is 19.3. The van der Waals surface area contributed by atoms with Gasteiger partial charge in [-0.1, -0.05) is 12.8 Å². The quantitative estimate of drug-likeness (QED) is 0.655. The number of carbonyl (C=O) groups is 2. The van der Waals surface area contributed by atoms with Crippen LogP contribution in [-0.4, -0.2) is 52.1 Å². The van der Waals surface area contributed by atoms with Crippen LogP contribution >= 0.6 is 0 Å². The van der Waals surface area contributed by atoms with Gasteiger partial charge in [-0.15, -0.1) is 0 Å². The molecular weight excluding hydrogens is 260 g/mol. The fourth-order valence-electron chi connectivity index (χ4n) is 2.23. The van der Waals surface area contributed by atoms with Crippen LogP contribution in [0.25, 0.3) is 0 Å². The van der Waals surface area contributed by atoms with E-state index >= 15 is 0 Å². The van der Waals surface area contributed by atoms with Gasteiger partial charge in [-0.3, -0.25) is 9.59 Å². The van der Waals surface area contributed by atoms with Crippen molar-refractivity contribution in [3.05, 3.63) is 0 Å². The van der Waals surface area contributed by atoms with Crippen molar-refractivity contribution in [2.75, 3.05) is 13.2 Å². The summed E-state index contributed by atoms with van der Waals surface area (Å²) in [6.45, 7) is -0.271. The van der Waals surface area contributed by atoms with E-state index in [-0.39, 0.29) is 13.0 Å². The van der Waals surface area contributed by atoms with Crippen LogP contribution < -0.4 is 0 Å². The van der Waals surface area contributed by atoms with Crippen LogP contribution in [0, 0.1) is 0 Å². The van der Waals surface area contributed by atoms with E-state index in [2.05, 4.69) is 0 Å².